The quantitative estimate of drug-likeness (QED) is 0.776. The first-order chi connectivity index (χ1) is 8.70. The van der Waals surface area contributed by atoms with Crippen LogP contribution in [0.3, 0.4) is 0 Å². The molecule has 106 valence electrons. The van der Waals surface area contributed by atoms with Crippen molar-refractivity contribution < 1.29 is 0 Å². The molecule has 0 bridgehead atoms. The van der Waals surface area contributed by atoms with Crippen LogP contribution in [0.25, 0.3) is 0 Å². The van der Waals surface area contributed by atoms with Crippen LogP contribution in [0.15, 0.2) is 0 Å². The number of nitrogens with zero attached hydrogens (tertiary/aromatic N) is 1. The predicted molar refractivity (Wildman–Crippen MR) is 78.9 cm³/mol. The van der Waals surface area contributed by atoms with Crippen LogP contribution < -0.4 is 5.32 Å². The Labute approximate surface area is 114 Å². The maximum absolute atomic E-state index is 3.72. The van der Waals surface area contributed by atoms with Crippen molar-refractivity contribution in [2.75, 3.05) is 19.6 Å². The zero-order valence-corrected chi connectivity index (χ0v) is 12.6. The van der Waals surface area contributed by atoms with Crippen LogP contribution in [0.5, 0.6) is 0 Å². The van der Waals surface area contributed by atoms with Crippen LogP contribution >= 0.6 is 0 Å². The standard InChI is InChI=1S/C16H32N2/c1-4-14(3)16-12-18(11-10-17-16)15-7-5-6-13(2)8-9-15/h13-17H,4-12H2,1-3H3. The molecule has 4 unspecified atom stereocenters. The van der Waals surface area contributed by atoms with Gasteiger partial charge in [-0.25, -0.2) is 0 Å². The Morgan fingerprint density at radius 1 is 1.22 bits per heavy atom. The SMILES string of the molecule is CCC(C)C1CN(C2CCCC(C)CC2)CCN1. The number of nitrogens with one attached hydrogen (secondary N) is 1. The minimum Gasteiger partial charge on any atom is -0.311 e. The first-order valence-electron chi connectivity index (χ1n) is 8.18. The van der Waals surface area contributed by atoms with Gasteiger partial charge < -0.3 is 5.32 Å². The van der Waals surface area contributed by atoms with E-state index in [-0.39, 0.29) is 0 Å². The van der Waals surface area contributed by atoms with E-state index in [1.165, 1.54) is 58.2 Å². The van der Waals surface area contributed by atoms with Crippen molar-refractivity contribution in [3.05, 3.63) is 0 Å². The van der Waals surface area contributed by atoms with Gasteiger partial charge in [-0.3, -0.25) is 4.90 Å². The fourth-order valence-electron chi connectivity index (χ4n) is 3.63. The van der Waals surface area contributed by atoms with Gasteiger partial charge in [-0.15, -0.1) is 0 Å². The average molecular weight is 252 g/mol. The Morgan fingerprint density at radius 2 is 2.06 bits per heavy atom. The Kier molecular flexibility index (Phi) is 5.50. The lowest BCUT2D eigenvalue weighted by Crippen LogP contribution is -2.55. The lowest BCUT2D eigenvalue weighted by Gasteiger charge is -2.40. The lowest BCUT2D eigenvalue weighted by atomic mass is 9.95. The van der Waals surface area contributed by atoms with E-state index in [1.54, 1.807) is 0 Å². The third-order valence-corrected chi connectivity index (χ3v) is 5.31. The summed E-state index contributed by atoms with van der Waals surface area (Å²) >= 11 is 0. The number of piperazine rings is 1. The molecule has 0 amide bonds. The van der Waals surface area contributed by atoms with Crippen molar-refractivity contribution in [2.45, 2.75) is 71.4 Å². The van der Waals surface area contributed by atoms with Gasteiger partial charge in [-0.1, -0.05) is 40.0 Å². The first kappa shape index (κ1) is 14.3. The van der Waals surface area contributed by atoms with E-state index in [1.807, 2.05) is 0 Å². The molecule has 2 nitrogen and oxygen atoms in total. The summed E-state index contributed by atoms with van der Waals surface area (Å²) in [7, 11) is 0. The minimum atomic E-state index is 0.726. The molecule has 0 aromatic heterocycles. The second-order valence-corrected chi connectivity index (χ2v) is 6.71. The van der Waals surface area contributed by atoms with Gasteiger partial charge in [0.1, 0.15) is 0 Å². The molecular weight excluding hydrogens is 220 g/mol. The topological polar surface area (TPSA) is 15.3 Å². The fraction of sp³-hybridized carbons (Fsp3) is 1.00. The largest absolute Gasteiger partial charge is 0.311 e. The van der Waals surface area contributed by atoms with Crippen molar-refractivity contribution in [3.63, 3.8) is 0 Å². The van der Waals surface area contributed by atoms with E-state index < -0.39 is 0 Å². The molecule has 0 spiro atoms. The highest BCUT2D eigenvalue weighted by molar-refractivity contribution is 4.86. The van der Waals surface area contributed by atoms with E-state index >= 15 is 0 Å². The number of rotatable bonds is 3. The summed E-state index contributed by atoms with van der Waals surface area (Å²) in [6.07, 6.45) is 8.53. The second-order valence-electron chi connectivity index (χ2n) is 6.71. The van der Waals surface area contributed by atoms with Gasteiger partial charge in [-0.05, 0) is 31.1 Å². The van der Waals surface area contributed by atoms with E-state index in [0.717, 1.165) is 23.9 Å². The second kappa shape index (κ2) is 6.91. The molecule has 4 atom stereocenters. The maximum Gasteiger partial charge on any atom is 0.0221 e. The summed E-state index contributed by atoms with van der Waals surface area (Å²) < 4.78 is 0. The summed E-state index contributed by atoms with van der Waals surface area (Å²) in [4.78, 5) is 2.80. The van der Waals surface area contributed by atoms with Crippen LogP contribution in [-0.4, -0.2) is 36.6 Å². The summed E-state index contributed by atoms with van der Waals surface area (Å²) in [5, 5.41) is 3.72. The van der Waals surface area contributed by atoms with Gasteiger partial charge >= 0.3 is 0 Å². The molecule has 1 saturated carbocycles. The van der Waals surface area contributed by atoms with Crippen molar-refractivity contribution in [1.29, 1.82) is 0 Å². The molecule has 2 heteroatoms. The van der Waals surface area contributed by atoms with E-state index in [2.05, 4.69) is 31.0 Å². The van der Waals surface area contributed by atoms with Crippen molar-refractivity contribution >= 4 is 0 Å². The summed E-state index contributed by atoms with van der Waals surface area (Å²) in [6.45, 7) is 10.9. The van der Waals surface area contributed by atoms with Gasteiger partial charge in [0.05, 0.1) is 0 Å². The Morgan fingerprint density at radius 3 is 2.83 bits per heavy atom. The maximum atomic E-state index is 3.72. The third kappa shape index (κ3) is 3.71. The Balaban J connectivity index is 1.87. The fourth-order valence-corrected chi connectivity index (χ4v) is 3.63. The minimum absolute atomic E-state index is 0.726. The van der Waals surface area contributed by atoms with Crippen LogP contribution in [-0.2, 0) is 0 Å². The van der Waals surface area contributed by atoms with Gasteiger partial charge in [0, 0.05) is 31.7 Å². The van der Waals surface area contributed by atoms with Crippen molar-refractivity contribution in [3.8, 4) is 0 Å². The van der Waals surface area contributed by atoms with Crippen molar-refractivity contribution in [2.24, 2.45) is 11.8 Å². The molecule has 1 aliphatic carbocycles. The third-order valence-electron chi connectivity index (χ3n) is 5.31. The summed E-state index contributed by atoms with van der Waals surface area (Å²) in [5.41, 5.74) is 0. The normalized spacial score (nSPS) is 37.2. The molecule has 2 fully saturated rings. The van der Waals surface area contributed by atoms with Crippen LogP contribution in [0.1, 0.15) is 59.3 Å². The van der Waals surface area contributed by atoms with Gasteiger partial charge in [0.25, 0.3) is 0 Å². The summed E-state index contributed by atoms with van der Waals surface area (Å²) in [5.74, 6) is 1.78. The highest BCUT2D eigenvalue weighted by Crippen LogP contribution is 2.27. The average Bonchev–Trinajstić information content (AvgIpc) is 2.63. The highest BCUT2D eigenvalue weighted by atomic mass is 15.2. The summed E-state index contributed by atoms with van der Waals surface area (Å²) in [6, 6.07) is 1.60. The molecule has 1 N–H and O–H groups in total. The number of hydrogen-bond donors (Lipinski definition) is 1. The van der Waals surface area contributed by atoms with Gasteiger partial charge in [0.15, 0.2) is 0 Å². The molecule has 0 aromatic carbocycles. The molecule has 1 saturated heterocycles. The predicted octanol–water partition coefficient (Wildman–Crippen LogP) is 3.28. The first-order valence-corrected chi connectivity index (χ1v) is 8.18. The molecule has 2 rings (SSSR count). The highest BCUT2D eigenvalue weighted by Gasteiger charge is 2.28. The number of hydrogen-bond acceptors (Lipinski definition) is 2. The van der Waals surface area contributed by atoms with E-state index in [4.69, 9.17) is 0 Å². The van der Waals surface area contributed by atoms with E-state index in [0.29, 0.717) is 0 Å². The van der Waals surface area contributed by atoms with Crippen LogP contribution in [0, 0.1) is 11.8 Å². The molecular formula is C16H32N2. The monoisotopic (exact) mass is 252 g/mol. The van der Waals surface area contributed by atoms with Gasteiger partial charge in [-0.2, -0.15) is 0 Å². The van der Waals surface area contributed by atoms with E-state index in [9.17, 15) is 0 Å². The molecule has 1 aliphatic heterocycles. The van der Waals surface area contributed by atoms with Crippen LogP contribution in [0.4, 0.5) is 0 Å². The van der Waals surface area contributed by atoms with Crippen molar-refractivity contribution in [1.82, 2.24) is 10.2 Å². The Bertz CT molecular complexity index is 241. The zero-order chi connectivity index (χ0) is 13.0. The zero-order valence-electron chi connectivity index (χ0n) is 12.6. The molecule has 18 heavy (non-hydrogen) atoms. The Hall–Kier alpha value is -0.0800. The van der Waals surface area contributed by atoms with Crippen LogP contribution in [0.2, 0.25) is 0 Å². The molecule has 0 radical (unpaired) electrons. The molecule has 0 aromatic rings. The van der Waals surface area contributed by atoms with Gasteiger partial charge in [0.2, 0.25) is 0 Å². The lowest BCUT2D eigenvalue weighted by molar-refractivity contribution is 0.112. The smallest absolute Gasteiger partial charge is 0.0221 e. The molecule has 1 heterocycles. The molecule has 2 aliphatic rings.